The summed E-state index contributed by atoms with van der Waals surface area (Å²) in [5.41, 5.74) is 1.33. The van der Waals surface area contributed by atoms with E-state index in [0.717, 1.165) is 13.0 Å². The molecule has 20 heavy (non-hydrogen) atoms. The van der Waals surface area contributed by atoms with Crippen LogP contribution in [-0.2, 0) is 6.54 Å². The molecule has 0 atom stereocenters. The Balaban J connectivity index is 1.84. The highest BCUT2D eigenvalue weighted by molar-refractivity contribution is 5.03. The van der Waals surface area contributed by atoms with Gasteiger partial charge in [0, 0.05) is 25.2 Å². The van der Waals surface area contributed by atoms with E-state index in [1.165, 1.54) is 63.4 Å². The molecule has 1 aromatic rings. The lowest BCUT2D eigenvalue weighted by atomic mass is 10.1. The molecule has 1 heterocycles. The van der Waals surface area contributed by atoms with E-state index in [4.69, 9.17) is 5.11 Å². The standard InChI is InChI=1S/C18H32NO/c1-18-12-15-19(16-13-18)14-10-8-6-4-2-3-5-7-9-11-17-20/h12-13,15-16,20H,2-11,14,17H2,1H3/q+1. The Hall–Kier alpha value is -0.890. The molecule has 0 radical (unpaired) electrons. The highest BCUT2D eigenvalue weighted by atomic mass is 16.2. The normalized spacial score (nSPS) is 10.9. The molecule has 1 aromatic heterocycles. The monoisotopic (exact) mass is 278 g/mol. The Kier molecular flexibility index (Phi) is 10.2. The lowest BCUT2D eigenvalue weighted by Gasteiger charge is -2.02. The van der Waals surface area contributed by atoms with Crippen molar-refractivity contribution < 1.29 is 9.67 Å². The zero-order valence-electron chi connectivity index (χ0n) is 13.2. The number of hydrogen-bond donors (Lipinski definition) is 1. The van der Waals surface area contributed by atoms with Crippen LogP contribution < -0.4 is 4.57 Å². The van der Waals surface area contributed by atoms with E-state index in [9.17, 15) is 0 Å². The van der Waals surface area contributed by atoms with Gasteiger partial charge in [0.15, 0.2) is 12.4 Å². The lowest BCUT2D eigenvalue weighted by Crippen LogP contribution is -2.32. The number of nitrogens with zero attached hydrogens (tertiary/aromatic N) is 1. The molecular weight excluding hydrogens is 246 g/mol. The van der Waals surface area contributed by atoms with Crippen LogP contribution in [0.4, 0.5) is 0 Å². The smallest absolute Gasteiger partial charge is 0.169 e. The van der Waals surface area contributed by atoms with E-state index in [1.54, 1.807) is 0 Å². The minimum atomic E-state index is 0.360. The molecule has 0 saturated heterocycles. The lowest BCUT2D eigenvalue weighted by molar-refractivity contribution is -0.697. The van der Waals surface area contributed by atoms with Gasteiger partial charge < -0.3 is 5.11 Å². The van der Waals surface area contributed by atoms with Crippen molar-refractivity contribution in [3.63, 3.8) is 0 Å². The summed E-state index contributed by atoms with van der Waals surface area (Å²) < 4.78 is 2.29. The number of aryl methyl sites for hydroxylation is 2. The Labute approximate surface area is 124 Å². The van der Waals surface area contributed by atoms with Crippen LogP contribution in [0.15, 0.2) is 24.5 Å². The van der Waals surface area contributed by atoms with Gasteiger partial charge >= 0.3 is 0 Å². The molecule has 0 aliphatic rings. The maximum absolute atomic E-state index is 8.68. The fraction of sp³-hybridized carbons (Fsp3) is 0.722. The van der Waals surface area contributed by atoms with Crippen molar-refractivity contribution in [3.8, 4) is 0 Å². The summed E-state index contributed by atoms with van der Waals surface area (Å²) in [5, 5.41) is 8.68. The van der Waals surface area contributed by atoms with Gasteiger partial charge in [0.05, 0.1) is 0 Å². The van der Waals surface area contributed by atoms with Crippen LogP contribution in [0.5, 0.6) is 0 Å². The third-order valence-corrected chi connectivity index (χ3v) is 3.88. The molecule has 0 bridgehead atoms. The van der Waals surface area contributed by atoms with Gasteiger partial charge in [-0.2, -0.15) is 0 Å². The van der Waals surface area contributed by atoms with Crippen LogP contribution in [0.3, 0.4) is 0 Å². The number of rotatable bonds is 12. The van der Waals surface area contributed by atoms with Crippen LogP contribution in [0.1, 0.15) is 69.8 Å². The number of aliphatic hydroxyl groups excluding tert-OH is 1. The van der Waals surface area contributed by atoms with E-state index in [0.29, 0.717) is 6.61 Å². The molecule has 0 aliphatic carbocycles. The second kappa shape index (κ2) is 11.9. The van der Waals surface area contributed by atoms with Gasteiger partial charge in [-0.05, 0) is 25.3 Å². The number of pyridine rings is 1. The average molecular weight is 278 g/mol. The van der Waals surface area contributed by atoms with Gasteiger partial charge in [-0.25, -0.2) is 4.57 Å². The molecule has 1 N–H and O–H groups in total. The van der Waals surface area contributed by atoms with Crippen LogP contribution in [0.2, 0.25) is 0 Å². The zero-order valence-corrected chi connectivity index (χ0v) is 13.2. The summed E-state index contributed by atoms with van der Waals surface area (Å²) in [6, 6.07) is 4.35. The maximum atomic E-state index is 8.68. The second-order valence-electron chi connectivity index (χ2n) is 5.87. The van der Waals surface area contributed by atoms with Crippen LogP contribution >= 0.6 is 0 Å². The van der Waals surface area contributed by atoms with Gasteiger partial charge in [-0.15, -0.1) is 0 Å². The second-order valence-corrected chi connectivity index (χ2v) is 5.87. The van der Waals surface area contributed by atoms with E-state index in [2.05, 4.69) is 36.0 Å². The third kappa shape index (κ3) is 9.08. The topological polar surface area (TPSA) is 24.1 Å². The largest absolute Gasteiger partial charge is 0.396 e. The molecule has 0 aliphatic heterocycles. The van der Waals surface area contributed by atoms with Gasteiger partial charge in [-0.1, -0.05) is 44.9 Å². The zero-order chi connectivity index (χ0) is 14.5. The summed E-state index contributed by atoms with van der Waals surface area (Å²) in [5.74, 6) is 0. The first kappa shape index (κ1) is 17.2. The molecule has 2 nitrogen and oxygen atoms in total. The van der Waals surface area contributed by atoms with Crippen molar-refractivity contribution in [3.05, 3.63) is 30.1 Å². The molecule has 0 amide bonds. The summed E-state index contributed by atoms with van der Waals surface area (Å²) in [6.45, 7) is 3.65. The van der Waals surface area contributed by atoms with Gasteiger partial charge in [0.2, 0.25) is 0 Å². The highest BCUT2D eigenvalue weighted by Crippen LogP contribution is 2.10. The summed E-state index contributed by atoms with van der Waals surface area (Å²) >= 11 is 0. The number of aromatic nitrogens is 1. The van der Waals surface area contributed by atoms with Crippen molar-refractivity contribution in [2.24, 2.45) is 0 Å². The quantitative estimate of drug-likeness (QED) is 0.450. The van der Waals surface area contributed by atoms with E-state index in [-0.39, 0.29) is 0 Å². The fourth-order valence-electron chi connectivity index (χ4n) is 2.50. The third-order valence-electron chi connectivity index (χ3n) is 3.88. The molecule has 2 heteroatoms. The Bertz CT molecular complexity index is 321. The predicted octanol–water partition coefficient (Wildman–Crippen LogP) is 4.18. The highest BCUT2D eigenvalue weighted by Gasteiger charge is 1.99. The van der Waals surface area contributed by atoms with E-state index >= 15 is 0 Å². The summed E-state index contributed by atoms with van der Waals surface area (Å²) in [4.78, 5) is 0. The van der Waals surface area contributed by atoms with Gasteiger partial charge in [0.25, 0.3) is 0 Å². The van der Waals surface area contributed by atoms with Crippen molar-refractivity contribution in [2.75, 3.05) is 6.61 Å². The molecule has 0 spiro atoms. The molecule has 0 fully saturated rings. The minimum absolute atomic E-state index is 0.360. The van der Waals surface area contributed by atoms with Crippen LogP contribution in [0, 0.1) is 6.92 Å². The number of aliphatic hydroxyl groups is 1. The fourth-order valence-corrected chi connectivity index (χ4v) is 2.50. The molecule has 114 valence electrons. The Morgan fingerprint density at radius 2 is 1.20 bits per heavy atom. The van der Waals surface area contributed by atoms with Gasteiger partial charge in [-0.3, -0.25) is 0 Å². The number of unbranched alkanes of at least 4 members (excludes halogenated alkanes) is 9. The van der Waals surface area contributed by atoms with Crippen molar-refractivity contribution in [1.29, 1.82) is 0 Å². The SMILES string of the molecule is Cc1cc[n+](CCCCCCCCCCCCO)cc1. The maximum Gasteiger partial charge on any atom is 0.169 e. The van der Waals surface area contributed by atoms with Crippen LogP contribution in [-0.4, -0.2) is 11.7 Å². The molecule has 0 aromatic carbocycles. The summed E-state index contributed by atoms with van der Waals surface area (Å²) in [7, 11) is 0. The minimum Gasteiger partial charge on any atom is -0.396 e. The number of hydrogen-bond acceptors (Lipinski definition) is 1. The Morgan fingerprint density at radius 3 is 1.70 bits per heavy atom. The molecular formula is C18H32NO+. The molecule has 1 rings (SSSR count). The van der Waals surface area contributed by atoms with Crippen molar-refractivity contribution >= 4 is 0 Å². The first-order chi connectivity index (χ1) is 9.83. The van der Waals surface area contributed by atoms with Crippen molar-refractivity contribution in [2.45, 2.75) is 77.7 Å². The van der Waals surface area contributed by atoms with E-state index < -0.39 is 0 Å². The van der Waals surface area contributed by atoms with Gasteiger partial charge in [0.1, 0.15) is 6.54 Å². The van der Waals surface area contributed by atoms with Crippen LogP contribution in [0.25, 0.3) is 0 Å². The molecule has 0 saturated carbocycles. The average Bonchev–Trinajstić information content (AvgIpc) is 2.47. The van der Waals surface area contributed by atoms with E-state index in [1.807, 2.05) is 0 Å². The first-order valence-electron chi connectivity index (χ1n) is 8.39. The predicted molar refractivity (Wildman–Crippen MR) is 84.6 cm³/mol. The van der Waals surface area contributed by atoms with Crippen molar-refractivity contribution in [1.82, 2.24) is 0 Å². The summed E-state index contributed by atoms with van der Waals surface area (Å²) in [6.07, 6.45) is 17.4. The Morgan fingerprint density at radius 1 is 0.750 bits per heavy atom. The molecule has 0 unspecified atom stereocenters. The first-order valence-corrected chi connectivity index (χ1v) is 8.39.